The van der Waals surface area contributed by atoms with Crippen molar-refractivity contribution in [2.24, 2.45) is 5.92 Å². The van der Waals surface area contributed by atoms with Crippen molar-refractivity contribution in [3.05, 3.63) is 47.9 Å². The highest BCUT2D eigenvalue weighted by Gasteiger charge is 2.36. The molecule has 0 radical (unpaired) electrons. The van der Waals surface area contributed by atoms with Crippen LogP contribution < -0.4 is 14.9 Å². The fraction of sp³-hybridized carbons (Fsp3) is 0.400. The van der Waals surface area contributed by atoms with Gasteiger partial charge in [-0.3, -0.25) is 9.59 Å². The SMILES string of the molecule is O=C(CCNS(=O)(=O)c1ccc2c(c1)CCN2C(=O)C1CC1)NCc1ccco1. The average Bonchev–Trinajstić information content (AvgIpc) is 3.25. The van der Waals surface area contributed by atoms with Crippen LogP contribution in [-0.2, 0) is 32.6 Å². The highest BCUT2D eigenvalue weighted by Crippen LogP contribution is 2.37. The molecule has 0 atom stereocenters. The number of carbonyl (C=O) groups is 2. The maximum atomic E-state index is 12.6. The summed E-state index contributed by atoms with van der Waals surface area (Å²) in [4.78, 5) is 26.1. The Hall–Kier alpha value is -2.65. The second kappa shape index (κ2) is 8.00. The van der Waals surface area contributed by atoms with E-state index in [1.807, 2.05) is 0 Å². The number of furan rings is 1. The minimum absolute atomic E-state index is 0.00427. The molecule has 2 heterocycles. The van der Waals surface area contributed by atoms with E-state index >= 15 is 0 Å². The number of nitrogens with one attached hydrogen (secondary N) is 2. The summed E-state index contributed by atoms with van der Waals surface area (Å²) in [5, 5.41) is 2.67. The Bertz CT molecular complexity index is 1010. The van der Waals surface area contributed by atoms with E-state index in [0.717, 1.165) is 24.1 Å². The molecule has 1 saturated carbocycles. The standard InChI is InChI=1S/C20H23N3O5S/c24-19(21-13-16-2-1-11-28-16)7-9-22-29(26,27)17-5-6-18-15(12-17)8-10-23(18)20(25)14-3-4-14/h1-2,5-6,11-12,14,22H,3-4,7-10,13H2,(H,21,24). The number of sulfonamides is 1. The van der Waals surface area contributed by atoms with Crippen molar-refractivity contribution in [2.45, 2.75) is 37.1 Å². The molecule has 0 spiro atoms. The van der Waals surface area contributed by atoms with Crippen molar-refractivity contribution in [3.63, 3.8) is 0 Å². The molecule has 1 aromatic heterocycles. The fourth-order valence-corrected chi connectivity index (χ4v) is 4.48. The highest BCUT2D eigenvalue weighted by atomic mass is 32.2. The van der Waals surface area contributed by atoms with E-state index in [0.29, 0.717) is 18.7 Å². The molecule has 0 bridgehead atoms. The lowest BCUT2D eigenvalue weighted by Crippen LogP contribution is -2.31. The summed E-state index contributed by atoms with van der Waals surface area (Å²) in [5.74, 6) is 0.626. The van der Waals surface area contributed by atoms with Gasteiger partial charge in [0.05, 0.1) is 17.7 Å². The van der Waals surface area contributed by atoms with Crippen LogP contribution in [0.3, 0.4) is 0 Å². The second-order valence-corrected chi connectivity index (χ2v) is 9.08. The van der Waals surface area contributed by atoms with Gasteiger partial charge >= 0.3 is 0 Å². The molecule has 0 unspecified atom stereocenters. The molecule has 2 aliphatic rings. The van der Waals surface area contributed by atoms with Crippen LogP contribution in [0, 0.1) is 5.92 Å². The van der Waals surface area contributed by atoms with Crippen LogP contribution in [-0.4, -0.2) is 33.3 Å². The molecular formula is C20H23N3O5S. The molecule has 2 amide bonds. The molecule has 2 N–H and O–H groups in total. The van der Waals surface area contributed by atoms with E-state index in [9.17, 15) is 18.0 Å². The molecule has 4 rings (SSSR count). The first-order valence-electron chi connectivity index (χ1n) is 9.67. The average molecular weight is 417 g/mol. The molecule has 1 fully saturated rings. The molecule has 29 heavy (non-hydrogen) atoms. The zero-order valence-corrected chi connectivity index (χ0v) is 16.7. The van der Waals surface area contributed by atoms with Crippen LogP contribution in [0.25, 0.3) is 0 Å². The van der Waals surface area contributed by atoms with Crippen molar-refractivity contribution in [1.82, 2.24) is 10.0 Å². The maximum absolute atomic E-state index is 12.6. The largest absolute Gasteiger partial charge is 0.467 e. The summed E-state index contributed by atoms with van der Waals surface area (Å²) < 4.78 is 32.7. The van der Waals surface area contributed by atoms with Crippen molar-refractivity contribution >= 4 is 27.5 Å². The molecule has 1 aromatic carbocycles. The van der Waals surface area contributed by atoms with Gasteiger partial charge in [0.1, 0.15) is 5.76 Å². The Balaban J connectivity index is 1.32. The van der Waals surface area contributed by atoms with E-state index in [1.54, 1.807) is 29.2 Å². The molecule has 0 saturated heterocycles. The van der Waals surface area contributed by atoms with Gasteiger partial charge in [0.25, 0.3) is 0 Å². The lowest BCUT2D eigenvalue weighted by molar-refractivity contribution is -0.121. The summed E-state index contributed by atoms with van der Waals surface area (Å²) in [7, 11) is -3.73. The number of anilines is 1. The summed E-state index contributed by atoms with van der Waals surface area (Å²) in [6.07, 6.45) is 4.07. The van der Waals surface area contributed by atoms with E-state index < -0.39 is 10.0 Å². The lowest BCUT2D eigenvalue weighted by atomic mass is 10.2. The monoisotopic (exact) mass is 417 g/mol. The van der Waals surface area contributed by atoms with Crippen molar-refractivity contribution < 1.29 is 22.4 Å². The number of rotatable bonds is 8. The summed E-state index contributed by atoms with van der Waals surface area (Å²) in [5.41, 5.74) is 1.66. The van der Waals surface area contributed by atoms with Crippen LogP contribution >= 0.6 is 0 Å². The van der Waals surface area contributed by atoms with E-state index in [-0.39, 0.29) is 42.1 Å². The third-order valence-corrected chi connectivity index (χ3v) is 6.59. The summed E-state index contributed by atoms with van der Waals surface area (Å²) in [6.45, 7) is 0.854. The van der Waals surface area contributed by atoms with E-state index in [2.05, 4.69) is 10.0 Å². The molecular weight excluding hydrogens is 394 g/mol. The van der Waals surface area contributed by atoms with Crippen LogP contribution in [0.15, 0.2) is 45.9 Å². The first-order valence-corrected chi connectivity index (χ1v) is 11.2. The van der Waals surface area contributed by atoms with Gasteiger partial charge in [0.2, 0.25) is 21.8 Å². The number of benzene rings is 1. The zero-order valence-electron chi connectivity index (χ0n) is 15.9. The first-order chi connectivity index (χ1) is 13.9. The summed E-state index contributed by atoms with van der Waals surface area (Å²) >= 11 is 0. The third-order valence-electron chi connectivity index (χ3n) is 5.13. The molecule has 1 aliphatic carbocycles. The van der Waals surface area contributed by atoms with Gasteiger partial charge in [-0.05, 0) is 55.2 Å². The maximum Gasteiger partial charge on any atom is 0.240 e. The van der Waals surface area contributed by atoms with Gasteiger partial charge in [-0.15, -0.1) is 0 Å². The number of hydrogen-bond donors (Lipinski definition) is 2. The minimum Gasteiger partial charge on any atom is -0.467 e. The number of carbonyl (C=O) groups excluding carboxylic acids is 2. The minimum atomic E-state index is -3.73. The van der Waals surface area contributed by atoms with Crippen LogP contribution in [0.4, 0.5) is 5.69 Å². The van der Waals surface area contributed by atoms with Crippen LogP contribution in [0.1, 0.15) is 30.6 Å². The topological polar surface area (TPSA) is 109 Å². The smallest absolute Gasteiger partial charge is 0.240 e. The predicted octanol–water partition coefficient (Wildman–Crippen LogP) is 1.56. The van der Waals surface area contributed by atoms with Crippen molar-refractivity contribution in [2.75, 3.05) is 18.0 Å². The van der Waals surface area contributed by atoms with Gasteiger partial charge < -0.3 is 14.6 Å². The number of fused-ring (bicyclic) bond motifs is 1. The van der Waals surface area contributed by atoms with Gasteiger partial charge in [-0.1, -0.05) is 0 Å². The Kier molecular flexibility index (Phi) is 5.42. The Morgan fingerprint density at radius 2 is 2.03 bits per heavy atom. The fourth-order valence-electron chi connectivity index (χ4n) is 3.39. The highest BCUT2D eigenvalue weighted by molar-refractivity contribution is 7.89. The molecule has 154 valence electrons. The Morgan fingerprint density at radius 3 is 2.76 bits per heavy atom. The second-order valence-electron chi connectivity index (χ2n) is 7.31. The zero-order chi connectivity index (χ0) is 20.4. The number of amides is 2. The number of hydrogen-bond acceptors (Lipinski definition) is 5. The molecule has 9 heteroatoms. The Morgan fingerprint density at radius 1 is 1.21 bits per heavy atom. The molecule has 1 aliphatic heterocycles. The van der Waals surface area contributed by atoms with Gasteiger partial charge in [-0.2, -0.15) is 0 Å². The van der Waals surface area contributed by atoms with Crippen LogP contribution in [0.5, 0.6) is 0 Å². The van der Waals surface area contributed by atoms with E-state index in [4.69, 9.17) is 4.42 Å². The van der Waals surface area contributed by atoms with Crippen LogP contribution in [0.2, 0.25) is 0 Å². The first kappa shape index (κ1) is 19.7. The summed E-state index contributed by atoms with van der Waals surface area (Å²) in [6, 6.07) is 8.31. The van der Waals surface area contributed by atoms with Gasteiger partial charge in [0, 0.05) is 31.1 Å². The third kappa shape index (κ3) is 4.51. The Labute approximate surface area is 169 Å². The van der Waals surface area contributed by atoms with Gasteiger partial charge in [-0.25, -0.2) is 13.1 Å². The predicted molar refractivity (Wildman–Crippen MR) is 106 cm³/mol. The molecule has 2 aromatic rings. The van der Waals surface area contributed by atoms with E-state index in [1.165, 1.54) is 12.3 Å². The van der Waals surface area contributed by atoms with Gasteiger partial charge in [0.15, 0.2) is 0 Å². The van der Waals surface area contributed by atoms with Crippen molar-refractivity contribution in [1.29, 1.82) is 0 Å². The van der Waals surface area contributed by atoms with Crippen molar-refractivity contribution in [3.8, 4) is 0 Å². The number of nitrogens with zero attached hydrogens (tertiary/aromatic N) is 1. The normalized spacial score (nSPS) is 15.9. The lowest BCUT2D eigenvalue weighted by Gasteiger charge is -2.17. The quantitative estimate of drug-likeness (QED) is 0.678. The molecule has 8 nitrogen and oxygen atoms in total.